The van der Waals surface area contributed by atoms with E-state index < -0.39 is 5.97 Å². The highest BCUT2D eigenvalue weighted by molar-refractivity contribution is 7.17. The Balaban J connectivity index is 1.61. The van der Waals surface area contributed by atoms with Crippen molar-refractivity contribution in [1.82, 2.24) is 14.6 Å². The van der Waals surface area contributed by atoms with E-state index in [0.29, 0.717) is 5.82 Å². The Bertz CT molecular complexity index is 1160. The van der Waals surface area contributed by atoms with Crippen molar-refractivity contribution in [1.29, 1.82) is 0 Å². The number of thiazole rings is 1. The molecule has 0 aliphatic rings. The third-order valence-corrected chi connectivity index (χ3v) is 5.29. The smallest absolute Gasteiger partial charge is 0.317 e. The molecule has 0 atom stereocenters. The average molecular weight is 380 g/mol. The quantitative estimate of drug-likeness (QED) is 0.229. The molecule has 7 nitrogen and oxygen atoms in total. The second-order valence-electron chi connectivity index (χ2n) is 5.86. The fraction of sp³-hybridized carbons (Fsp3) is 0.158. The number of ether oxygens (including phenoxy) is 1. The van der Waals surface area contributed by atoms with Crippen molar-refractivity contribution < 1.29 is 14.4 Å². The molecule has 0 saturated carbocycles. The fourth-order valence-electron chi connectivity index (χ4n) is 2.80. The SMILES string of the molecule is CON=COC(=O)Cc1sc2nc(-c3ccc4ccccc4c3)nn2c1C. The number of aryl methyl sites for hydroxylation is 1. The van der Waals surface area contributed by atoms with Crippen molar-refractivity contribution in [2.45, 2.75) is 13.3 Å². The first-order valence-electron chi connectivity index (χ1n) is 8.24. The van der Waals surface area contributed by atoms with E-state index in [1.165, 1.54) is 23.8 Å². The molecule has 27 heavy (non-hydrogen) atoms. The van der Waals surface area contributed by atoms with Crippen LogP contribution in [-0.2, 0) is 20.8 Å². The van der Waals surface area contributed by atoms with E-state index in [-0.39, 0.29) is 6.42 Å². The lowest BCUT2D eigenvalue weighted by atomic mass is 10.1. The van der Waals surface area contributed by atoms with Crippen molar-refractivity contribution in [3.8, 4) is 11.4 Å². The number of fused-ring (bicyclic) bond motifs is 2. The Kier molecular flexibility index (Phi) is 4.55. The third kappa shape index (κ3) is 3.39. The lowest BCUT2D eigenvalue weighted by Gasteiger charge is -2.00. The van der Waals surface area contributed by atoms with Crippen LogP contribution in [0.2, 0.25) is 0 Å². The first kappa shape index (κ1) is 17.2. The first-order valence-corrected chi connectivity index (χ1v) is 9.06. The molecule has 0 radical (unpaired) electrons. The van der Waals surface area contributed by atoms with Crippen molar-refractivity contribution >= 4 is 39.4 Å². The standard InChI is InChI=1S/C19H16N4O3S/c1-12-16(10-17(24)26-11-20-25-2)27-19-21-18(22-23(12)19)15-8-7-13-5-3-4-6-14(13)9-15/h3-9,11H,10H2,1-2H3. The number of oxime groups is 1. The van der Waals surface area contributed by atoms with Gasteiger partial charge < -0.3 is 9.57 Å². The summed E-state index contributed by atoms with van der Waals surface area (Å²) in [5, 5.41) is 10.3. The van der Waals surface area contributed by atoms with Gasteiger partial charge in [0, 0.05) is 10.4 Å². The van der Waals surface area contributed by atoms with Crippen LogP contribution in [0.25, 0.3) is 27.1 Å². The summed E-state index contributed by atoms with van der Waals surface area (Å²) in [6.07, 6.45) is 1.11. The lowest BCUT2D eigenvalue weighted by Crippen LogP contribution is -2.07. The molecule has 0 aliphatic carbocycles. The van der Waals surface area contributed by atoms with Crippen molar-refractivity contribution in [3.63, 3.8) is 0 Å². The van der Waals surface area contributed by atoms with E-state index in [1.807, 2.05) is 25.1 Å². The summed E-state index contributed by atoms with van der Waals surface area (Å²) in [5.41, 5.74) is 1.83. The number of hydrogen-bond acceptors (Lipinski definition) is 7. The van der Waals surface area contributed by atoms with Gasteiger partial charge in [-0.1, -0.05) is 52.9 Å². The predicted octanol–water partition coefficient (Wildman–Crippen LogP) is 3.59. The monoisotopic (exact) mass is 380 g/mol. The molecule has 4 rings (SSSR count). The van der Waals surface area contributed by atoms with Gasteiger partial charge >= 0.3 is 5.97 Å². The number of carbonyl (C=O) groups excluding carboxylic acids is 1. The van der Waals surface area contributed by atoms with Gasteiger partial charge in [-0.05, 0) is 23.8 Å². The highest BCUT2D eigenvalue weighted by Crippen LogP contribution is 2.27. The van der Waals surface area contributed by atoms with Gasteiger partial charge in [0.1, 0.15) is 7.11 Å². The topological polar surface area (TPSA) is 78.1 Å². The molecule has 0 N–H and O–H groups in total. The summed E-state index contributed by atoms with van der Waals surface area (Å²) in [6, 6.07) is 14.3. The molecule has 0 aliphatic heterocycles. The minimum atomic E-state index is -0.418. The lowest BCUT2D eigenvalue weighted by molar-refractivity contribution is -0.134. The Morgan fingerprint density at radius 1 is 1.26 bits per heavy atom. The van der Waals surface area contributed by atoms with Gasteiger partial charge in [0.2, 0.25) is 11.4 Å². The highest BCUT2D eigenvalue weighted by atomic mass is 32.1. The molecule has 0 bridgehead atoms. The highest BCUT2D eigenvalue weighted by Gasteiger charge is 2.17. The number of aromatic nitrogens is 3. The summed E-state index contributed by atoms with van der Waals surface area (Å²) in [6.45, 7) is 1.91. The van der Waals surface area contributed by atoms with Gasteiger partial charge in [-0.3, -0.25) is 4.79 Å². The maximum Gasteiger partial charge on any atom is 0.317 e. The second-order valence-corrected chi connectivity index (χ2v) is 6.92. The zero-order valence-electron chi connectivity index (χ0n) is 14.7. The zero-order chi connectivity index (χ0) is 18.8. The Morgan fingerprint density at radius 3 is 2.85 bits per heavy atom. The van der Waals surface area contributed by atoms with E-state index >= 15 is 0 Å². The Morgan fingerprint density at radius 2 is 2.07 bits per heavy atom. The molecule has 2 aromatic carbocycles. The van der Waals surface area contributed by atoms with Gasteiger partial charge in [-0.25, -0.2) is 4.52 Å². The third-order valence-electron chi connectivity index (χ3n) is 4.16. The van der Waals surface area contributed by atoms with Crippen molar-refractivity contribution in [3.05, 3.63) is 53.0 Å². The van der Waals surface area contributed by atoms with Gasteiger partial charge in [0.05, 0.1) is 12.1 Å². The summed E-state index contributed by atoms with van der Waals surface area (Å²) < 4.78 is 6.61. The average Bonchev–Trinajstić information content (AvgIpc) is 3.21. The maximum absolute atomic E-state index is 11.8. The van der Waals surface area contributed by atoms with E-state index in [4.69, 9.17) is 4.74 Å². The van der Waals surface area contributed by atoms with Gasteiger partial charge in [-0.2, -0.15) is 4.98 Å². The second kappa shape index (κ2) is 7.16. The van der Waals surface area contributed by atoms with E-state index in [0.717, 1.165) is 32.9 Å². The fourth-order valence-corrected chi connectivity index (χ4v) is 3.84. The number of nitrogens with zero attached hydrogens (tertiary/aromatic N) is 4. The molecule has 0 saturated heterocycles. The van der Waals surface area contributed by atoms with E-state index in [9.17, 15) is 4.79 Å². The maximum atomic E-state index is 11.8. The van der Waals surface area contributed by atoms with Crippen LogP contribution in [0.4, 0.5) is 0 Å². The molecule has 4 aromatic rings. The van der Waals surface area contributed by atoms with Crippen molar-refractivity contribution in [2.75, 3.05) is 7.11 Å². The molecule has 0 amide bonds. The summed E-state index contributed by atoms with van der Waals surface area (Å²) >= 11 is 1.42. The van der Waals surface area contributed by atoms with Crippen LogP contribution in [0.5, 0.6) is 0 Å². The number of carbonyl (C=O) groups is 1. The Labute approximate surface area is 158 Å². The molecule has 2 heterocycles. The van der Waals surface area contributed by atoms with Crippen molar-refractivity contribution in [2.24, 2.45) is 5.16 Å². The van der Waals surface area contributed by atoms with Crippen LogP contribution in [0.15, 0.2) is 47.6 Å². The molecule has 0 fully saturated rings. The number of hydrogen-bond donors (Lipinski definition) is 0. The minimum Gasteiger partial charge on any atom is -0.411 e. The van der Waals surface area contributed by atoms with Crippen LogP contribution in [0.3, 0.4) is 0 Å². The summed E-state index contributed by atoms with van der Waals surface area (Å²) in [4.78, 5) is 22.5. The molecule has 2 aromatic heterocycles. The van der Waals surface area contributed by atoms with Crippen LogP contribution >= 0.6 is 11.3 Å². The largest absolute Gasteiger partial charge is 0.411 e. The van der Waals surface area contributed by atoms with E-state index in [1.54, 1.807) is 4.52 Å². The minimum absolute atomic E-state index is 0.128. The number of benzene rings is 2. The first-order chi connectivity index (χ1) is 13.2. The molecular formula is C19H16N4O3S. The molecule has 0 spiro atoms. The normalized spacial score (nSPS) is 11.5. The number of rotatable bonds is 5. The Hall–Kier alpha value is -3.26. The van der Waals surface area contributed by atoms with Gasteiger partial charge in [-0.15, -0.1) is 5.10 Å². The van der Waals surface area contributed by atoms with Crippen LogP contribution in [-0.4, -0.2) is 34.1 Å². The van der Waals surface area contributed by atoms with E-state index in [2.05, 4.69) is 44.3 Å². The van der Waals surface area contributed by atoms with Crippen LogP contribution in [0, 0.1) is 6.92 Å². The predicted molar refractivity (Wildman–Crippen MR) is 104 cm³/mol. The molecular weight excluding hydrogens is 364 g/mol. The molecule has 136 valence electrons. The van der Waals surface area contributed by atoms with Gasteiger partial charge in [0.15, 0.2) is 5.82 Å². The van der Waals surface area contributed by atoms with Crippen LogP contribution < -0.4 is 0 Å². The summed E-state index contributed by atoms with van der Waals surface area (Å²) in [7, 11) is 1.38. The molecule has 8 heteroatoms. The summed E-state index contributed by atoms with van der Waals surface area (Å²) in [5.74, 6) is 0.245. The van der Waals surface area contributed by atoms with Gasteiger partial charge in [0.25, 0.3) is 0 Å². The zero-order valence-corrected chi connectivity index (χ0v) is 15.6. The molecule has 0 unspecified atom stereocenters. The number of esters is 1. The van der Waals surface area contributed by atoms with Crippen LogP contribution in [0.1, 0.15) is 10.6 Å².